The monoisotopic (exact) mass is 892 g/mol. The second-order valence-electron chi connectivity index (χ2n) is 15.9. The first-order valence-electron chi connectivity index (χ1n) is 24.0. The van der Waals surface area contributed by atoms with E-state index in [1.807, 2.05) is 0 Å². The topological polar surface area (TPSA) is 172 Å². The molecule has 3 atom stereocenters. The molecular weight excluding hydrogens is 806 g/mol. The molecule has 0 aliphatic heterocycles. The van der Waals surface area contributed by atoms with Gasteiger partial charge in [0.15, 0.2) is 6.10 Å². The molecule has 0 aliphatic rings. The zero-order valence-electron chi connectivity index (χ0n) is 38.7. The number of phosphoric acid groups is 1. The number of carbonyl (C=O) groups is 3. The number of nitrogens with two attached hydrogens (primary N) is 1. The molecule has 0 aromatic heterocycles. The Morgan fingerprint density at radius 1 is 0.500 bits per heavy atom. The predicted octanol–water partition coefficient (Wildman–Crippen LogP) is 13.3. The van der Waals surface area contributed by atoms with Crippen LogP contribution in [-0.4, -0.2) is 59.9 Å². The van der Waals surface area contributed by atoms with Crippen LogP contribution in [0.25, 0.3) is 0 Å². The molecule has 11 nitrogen and oxygen atoms in total. The van der Waals surface area contributed by atoms with E-state index < -0.39 is 51.1 Å². The van der Waals surface area contributed by atoms with E-state index in [0.717, 1.165) is 70.6 Å². The van der Waals surface area contributed by atoms with E-state index in [4.69, 9.17) is 24.8 Å². The molecule has 0 saturated heterocycles. The van der Waals surface area contributed by atoms with Crippen LogP contribution >= 0.6 is 7.82 Å². The fourth-order valence-corrected chi connectivity index (χ4v) is 6.91. The van der Waals surface area contributed by atoms with Crippen LogP contribution < -0.4 is 5.73 Å². The molecule has 0 aliphatic carbocycles. The van der Waals surface area contributed by atoms with Crippen molar-refractivity contribution in [2.45, 2.75) is 206 Å². The summed E-state index contributed by atoms with van der Waals surface area (Å²) in [5, 5.41) is 8.91. The van der Waals surface area contributed by atoms with Crippen molar-refractivity contribution in [3.63, 3.8) is 0 Å². The van der Waals surface area contributed by atoms with Crippen molar-refractivity contribution in [3.8, 4) is 0 Å². The number of carboxylic acid groups (broad SMARTS) is 1. The number of phosphoric ester groups is 1. The summed E-state index contributed by atoms with van der Waals surface area (Å²) in [5.41, 5.74) is 5.34. The van der Waals surface area contributed by atoms with Crippen LogP contribution in [0.5, 0.6) is 0 Å². The van der Waals surface area contributed by atoms with Gasteiger partial charge >= 0.3 is 25.7 Å². The minimum atomic E-state index is -4.73. The van der Waals surface area contributed by atoms with Crippen molar-refractivity contribution in [1.29, 1.82) is 0 Å². The van der Waals surface area contributed by atoms with E-state index in [0.29, 0.717) is 12.8 Å². The first-order valence-corrected chi connectivity index (χ1v) is 25.5. The molecule has 12 heteroatoms. The Labute approximate surface area is 376 Å². The molecule has 0 radical (unpaired) electrons. The van der Waals surface area contributed by atoms with Gasteiger partial charge in [-0.2, -0.15) is 0 Å². The van der Waals surface area contributed by atoms with Crippen molar-refractivity contribution in [3.05, 3.63) is 72.9 Å². The second kappa shape index (κ2) is 44.5. The molecule has 62 heavy (non-hydrogen) atoms. The molecule has 356 valence electrons. The maximum absolute atomic E-state index is 12.7. The quantitative estimate of drug-likeness (QED) is 0.0230. The Kier molecular flexibility index (Phi) is 42.3. The van der Waals surface area contributed by atoms with Crippen molar-refractivity contribution in [2.24, 2.45) is 5.73 Å². The van der Waals surface area contributed by atoms with Crippen LogP contribution in [0.1, 0.15) is 194 Å². The van der Waals surface area contributed by atoms with Crippen molar-refractivity contribution in [1.82, 2.24) is 0 Å². The predicted molar refractivity (Wildman–Crippen MR) is 254 cm³/mol. The number of unbranched alkanes of at least 4 members (excludes halogenated alkanes) is 18. The number of hydrogen-bond acceptors (Lipinski definition) is 9. The minimum Gasteiger partial charge on any atom is -0.480 e. The normalized spacial score (nSPS) is 14.3. The van der Waals surface area contributed by atoms with Crippen LogP contribution in [-0.2, 0) is 37.5 Å². The van der Waals surface area contributed by atoms with E-state index in [1.165, 1.54) is 83.5 Å². The number of ether oxygens (including phenoxy) is 2. The fourth-order valence-electron chi connectivity index (χ4n) is 6.14. The zero-order chi connectivity index (χ0) is 45.6. The second-order valence-corrected chi connectivity index (χ2v) is 17.3. The van der Waals surface area contributed by atoms with Crippen molar-refractivity contribution < 1.29 is 47.5 Å². The molecular formula is C50H86NO10P. The number of aliphatic carboxylic acids is 1. The standard InChI is InChI=1S/C50H86NO10P/c1-3-5-7-9-11-13-15-17-19-21-23-25-27-29-31-33-35-37-39-41-48(52)58-43-46(44-59-62(56,57)60-45-47(51)50(54)55)61-49(53)42-40-38-36-34-32-30-28-26-24-22-20-18-16-14-12-10-8-6-4-2/h11-14,17-20,23,25,29,31,46-47H,3-10,15-16,21-22,24,26-28,30,32-45,51H2,1-2H3,(H,54,55)(H,56,57)/b13-11+,14-12+,19-17+,20-18+,25-23+,31-29+/t46-,47+/m1/s1. The highest BCUT2D eigenvalue weighted by Gasteiger charge is 2.28. The fraction of sp³-hybridized carbons (Fsp3) is 0.700. The summed E-state index contributed by atoms with van der Waals surface area (Å²) in [6.45, 7) is 2.72. The Morgan fingerprint density at radius 2 is 0.855 bits per heavy atom. The third-order valence-electron chi connectivity index (χ3n) is 9.93. The van der Waals surface area contributed by atoms with E-state index in [-0.39, 0.29) is 19.4 Å². The molecule has 0 fully saturated rings. The average molecular weight is 892 g/mol. The first-order chi connectivity index (χ1) is 30.1. The minimum absolute atomic E-state index is 0.146. The lowest BCUT2D eigenvalue weighted by molar-refractivity contribution is -0.161. The molecule has 0 amide bonds. The first kappa shape index (κ1) is 58.9. The van der Waals surface area contributed by atoms with Gasteiger partial charge < -0.3 is 25.2 Å². The van der Waals surface area contributed by atoms with Gasteiger partial charge in [0.2, 0.25) is 0 Å². The highest BCUT2D eigenvalue weighted by Crippen LogP contribution is 2.43. The smallest absolute Gasteiger partial charge is 0.472 e. The van der Waals surface area contributed by atoms with E-state index in [1.54, 1.807) is 0 Å². The van der Waals surface area contributed by atoms with Crippen LogP contribution in [0.4, 0.5) is 0 Å². The average Bonchev–Trinajstić information content (AvgIpc) is 3.25. The molecule has 0 heterocycles. The van der Waals surface area contributed by atoms with Crippen LogP contribution in [0.3, 0.4) is 0 Å². The Balaban J connectivity index is 4.38. The van der Waals surface area contributed by atoms with Gasteiger partial charge in [0.05, 0.1) is 13.2 Å². The Hall–Kier alpha value is -3.08. The molecule has 0 rings (SSSR count). The van der Waals surface area contributed by atoms with Gasteiger partial charge in [-0.15, -0.1) is 0 Å². The lowest BCUT2D eigenvalue weighted by atomic mass is 10.1. The summed E-state index contributed by atoms with van der Waals surface area (Å²) in [7, 11) is -4.73. The molecule has 0 spiro atoms. The zero-order valence-corrected chi connectivity index (χ0v) is 39.6. The number of carbonyl (C=O) groups excluding carboxylic acids is 2. The Bertz CT molecular complexity index is 1320. The number of rotatable bonds is 44. The lowest BCUT2D eigenvalue weighted by Crippen LogP contribution is -2.34. The van der Waals surface area contributed by atoms with Crippen LogP contribution in [0.15, 0.2) is 72.9 Å². The third kappa shape index (κ3) is 43.6. The largest absolute Gasteiger partial charge is 0.480 e. The molecule has 0 saturated carbocycles. The maximum atomic E-state index is 12.7. The van der Waals surface area contributed by atoms with Gasteiger partial charge in [-0.05, 0) is 89.9 Å². The number of carboxylic acids is 1. The van der Waals surface area contributed by atoms with Gasteiger partial charge in [0.1, 0.15) is 12.6 Å². The molecule has 1 unspecified atom stereocenters. The third-order valence-corrected chi connectivity index (χ3v) is 10.9. The Morgan fingerprint density at radius 3 is 1.29 bits per heavy atom. The van der Waals surface area contributed by atoms with E-state index in [2.05, 4.69) is 91.3 Å². The SMILES string of the molecule is CCCCC/C=C/C/C=C/C/C=C/C/C=C/CCCCCC(=O)OC[C@H](COP(=O)(O)OC[C@H](N)C(=O)O)OC(=O)CCCCCCCCCCC/C=C/C/C=C/CCCCC. The van der Waals surface area contributed by atoms with Crippen LogP contribution in [0.2, 0.25) is 0 Å². The van der Waals surface area contributed by atoms with Crippen molar-refractivity contribution >= 4 is 25.7 Å². The summed E-state index contributed by atoms with van der Waals surface area (Å²) >= 11 is 0. The summed E-state index contributed by atoms with van der Waals surface area (Å²) in [4.78, 5) is 46.1. The van der Waals surface area contributed by atoms with Crippen LogP contribution in [0, 0.1) is 0 Å². The molecule has 0 aromatic rings. The van der Waals surface area contributed by atoms with Gasteiger partial charge in [0.25, 0.3) is 0 Å². The molecule has 0 aromatic carbocycles. The summed E-state index contributed by atoms with van der Waals surface area (Å²) in [6.07, 6.45) is 53.8. The van der Waals surface area contributed by atoms with Gasteiger partial charge in [0, 0.05) is 12.8 Å². The van der Waals surface area contributed by atoms with Crippen molar-refractivity contribution in [2.75, 3.05) is 19.8 Å². The van der Waals surface area contributed by atoms with Gasteiger partial charge in [-0.1, -0.05) is 164 Å². The van der Waals surface area contributed by atoms with E-state index in [9.17, 15) is 23.8 Å². The van der Waals surface area contributed by atoms with E-state index >= 15 is 0 Å². The highest BCUT2D eigenvalue weighted by molar-refractivity contribution is 7.47. The number of allylic oxidation sites excluding steroid dienone is 12. The summed E-state index contributed by atoms with van der Waals surface area (Å²) < 4.78 is 32.8. The number of esters is 2. The lowest BCUT2D eigenvalue weighted by Gasteiger charge is -2.20. The van der Waals surface area contributed by atoms with Gasteiger partial charge in [-0.3, -0.25) is 23.4 Å². The maximum Gasteiger partial charge on any atom is 0.472 e. The van der Waals surface area contributed by atoms with Gasteiger partial charge in [-0.25, -0.2) is 4.57 Å². The highest BCUT2D eigenvalue weighted by atomic mass is 31.2. The summed E-state index contributed by atoms with van der Waals surface area (Å²) in [5.74, 6) is -2.43. The number of hydrogen-bond donors (Lipinski definition) is 3. The molecule has 0 bridgehead atoms. The summed E-state index contributed by atoms with van der Waals surface area (Å²) in [6, 6.07) is -1.53. The molecule has 4 N–H and O–H groups in total.